The first kappa shape index (κ1) is 18.4. The molecule has 1 N–H and O–H groups in total. The molecule has 0 aliphatic heterocycles. The minimum absolute atomic E-state index is 0.175. The number of nitrogens with zero attached hydrogens (tertiary/aromatic N) is 2. The van der Waals surface area contributed by atoms with E-state index in [1.54, 1.807) is 25.3 Å². The van der Waals surface area contributed by atoms with Crippen molar-refractivity contribution in [3.63, 3.8) is 0 Å². The fourth-order valence-electron chi connectivity index (χ4n) is 2.87. The predicted octanol–water partition coefficient (Wildman–Crippen LogP) is 4.34. The zero-order chi connectivity index (χ0) is 20.1. The van der Waals surface area contributed by atoms with Gasteiger partial charge in [-0.05, 0) is 35.9 Å². The molecule has 1 amide bonds. The normalized spacial score (nSPS) is 10.5. The lowest BCUT2D eigenvalue weighted by Crippen LogP contribution is -2.22. The van der Waals surface area contributed by atoms with Crippen molar-refractivity contribution in [3.05, 3.63) is 90.0 Å². The smallest absolute Gasteiger partial charge is 0.258 e. The first-order valence-corrected chi connectivity index (χ1v) is 9.13. The van der Waals surface area contributed by atoms with Gasteiger partial charge in [-0.15, -0.1) is 0 Å². The fraction of sp³-hybridized carbons (Fsp3) is 0.0870. The van der Waals surface area contributed by atoms with Gasteiger partial charge in [0.2, 0.25) is 5.82 Å². The first-order chi connectivity index (χ1) is 14.2. The maximum atomic E-state index is 12.5. The van der Waals surface area contributed by atoms with Crippen LogP contribution in [0, 0.1) is 0 Å². The molecule has 0 aliphatic carbocycles. The average Bonchev–Trinajstić information content (AvgIpc) is 3.29. The second-order valence-corrected chi connectivity index (χ2v) is 6.40. The molecule has 3 aromatic carbocycles. The molecule has 0 unspecified atom stereocenters. The number of hydrogen-bond donors (Lipinski definition) is 1. The Balaban J connectivity index is 1.46. The highest BCUT2D eigenvalue weighted by atomic mass is 16.5. The van der Waals surface area contributed by atoms with Crippen LogP contribution in [0.3, 0.4) is 0 Å². The number of nitrogens with one attached hydrogen (secondary N) is 1. The number of carbonyl (C=O) groups is 1. The molecule has 0 bridgehead atoms. The molecular weight excluding hydrogens is 366 g/mol. The molecule has 4 rings (SSSR count). The zero-order valence-electron chi connectivity index (χ0n) is 15.8. The summed E-state index contributed by atoms with van der Waals surface area (Å²) in [5, 5.41) is 6.95. The third kappa shape index (κ3) is 4.32. The van der Waals surface area contributed by atoms with Gasteiger partial charge in [0.25, 0.3) is 11.8 Å². The maximum absolute atomic E-state index is 12.5. The van der Waals surface area contributed by atoms with Crippen molar-refractivity contribution in [2.45, 2.75) is 6.54 Å². The number of rotatable bonds is 6. The monoisotopic (exact) mass is 385 g/mol. The van der Waals surface area contributed by atoms with Crippen molar-refractivity contribution in [2.24, 2.45) is 0 Å². The summed E-state index contributed by atoms with van der Waals surface area (Å²) in [7, 11) is 1.62. The molecule has 0 atom stereocenters. The minimum atomic E-state index is -0.175. The van der Waals surface area contributed by atoms with Crippen molar-refractivity contribution in [1.29, 1.82) is 0 Å². The van der Waals surface area contributed by atoms with Gasteiger partial charge in [-0.1, -0.05) is 53.7 Å². The van der Waals surface area contributed by atoms with Crippen LogP contribution >= 0.6 is 0 Å². The molecule has 1 heterocycles. The third-order valence-corrected chi connectivity index (χ3v) is 4.44. The number of amides is 1. The number of aromatic nitrogens is 2. The Bertz CT molecular complexity index is 1110. The summed E-state index contributed by atoms with van der Waals surface area (Å²) in [6, 6.07) is 24.3. The molecule has 0 fully saturated rings. The maximum Gasteiger partial charge on any atom is 0.258 e. The van der Waals surface area contributed by atoms with Gasteiger partial charge in [-0.25, -0.2) is 0 Å². The average molecular weight is 385 g/mol. The van der Waals surface area contributed by atoms with E-state index < -0.39 is 0 Å². The molecule has 0 spiro atoms. The molecule has 0 aliphatic rings. The van der Waals surface area contributed by atoms with Gasteiger partial charge in [0, 0.05) is 23.2 Å². The number of carbonyl (C=O) groups excluding carboxylic acids is 1. The second kappa shape index (κ2) is 8.39. The van der Waals surface area contributed by atoms with Gasteiger partial charge < -0.3 is 14.6 Å². The van der Waals surface area contributed by atoms with Gasteiger partial charge in [0.1, 0.15) is 5.75 Å². The summed E-state index contributed by atoms with van der Waals surface area (Å²) in [6.45, 7) is 0.422. The third-order valence-electron chi connectivity index (χ3n) is 4.44. The summed E-state index contributed by atoms with van der Waals surface area (Å²) in [5.74, 6) is 1.48. The number of ether oxygens (including phenoxy) is 1. The summed E-state index contributed by atoms with van der Waals surface area (Å²) in [6.07, 6.45) is 0. The molecule has 29 heavy (non-hydrogen) atoms. The second-order valence-electron chi connectivity index (χ2n) is 6.40. The van der Waals surface area contributed by atoms with Crippen molar-refractivity contribution < 1.29 is 14.1 Å². The van der Waals surface area contributed by atoms with Crippen LogP contribution in [0.5, 0.6) is 5.75 Å². The van der Waals surface area contributed by atoms with Gasteiger partial charge >= 0.3 is 0 Å². The van der Waals surface area contributed by atoms with Crippen LogP contribution in [0.4, 0.5) is 0 Å². The first-order valence-electron chi connectivity index (χ1n) is 9.13. The highest BCUT2D eigenvalue weighted by Gasteiger charge is 2.13. The Morgan fingerprint density at radius 2 is 1.72 bits per heavy atom. The Morgan fingerprint density at radius 1 is 0.966 bits per heavy atom. The van der Waals surface area contributed by atoms with Crippen LogP contribution in [-0.4, -0.2) is 23.2 Å². The van der Waals surface area contributed by atoms with E-state index in [9.17, 15) is 4.79 Å². The van der Waals surface area contributed by atoms with E-state index in [0.717, 1.165) is 16.9 Å². The minimum Gasteiger partial charge on any atom is -0.497 e. The number of benzene rings is 3. The van der Waals surface area contributed by atoms with Crippen LogP contribution in [0.25, 0.3) is 22.8 Å². The lowest BCUT2D eigenvalue weighted by molar-refractivity contribution is 0.0951. The van der Waals surface area contributed by atoms with E-state index >= 15 is 0 Å². The van der Waals surface area contributed by atoms with Gasteiger partial charge in [-0.3, -0.25) is 4.79 Å². The summed E-state index contributed by atoms with van der Waals surface area (Å²) in [5.41, 5.74) is 3.07. The number of methoxy groups -OCH3 is 1. The van der Waals surface area contributed by atoms with Crippen molar-refractivity contribution >= 4 is 5.91 Å². The van der Waals surface area contributed by atoms with Crippen molar-refractivity contribution in [2.75, 3.05) is 7.11 Å². The summed E-state index contributed by atoms with van der Waals surface area (Å²) < 4.78 is 10.5. The predicted molar refractivity (Wildman–Crippen MR) is 109 cm³/mol. The molecule has 4 aromatic rings. The molecule has 0 saturated heterocycles. The van der Waals surface area contributed by atoms with Crippen LogP contribution in [0.15, 0.2) is 83.4 Å². The van der Waals surface area contributed by atoms with Crippen molar-refractivity contribution in [1.82, 2.24) is 15.5 Å². The van der Waals surface area contributed by atoms with Gasteiger partial charge in [0.15, 0.2) is 0 Å². The van der Waals surface area contributed by atoms with E-state index in [1.807, 2.05) is 60.7 Å². The summed E-state index contributed by atoms with van der Waals surface area (Å²) >= 11 is 0. The van der Waals surface area contributed by atoms with E-state index in [4.69, 9.17) is 9.26 Å². The summed E-state index contributed by atoms with van der Waals surface area (Å²) in [4.78, 5) is 17.0. The Hall–Kier alpha value is -3.93. The molecular formula is C23H19N3O3. The zero-order valence-corrected chi connectivity index (χ0v) is 15.8. The van der Waals surface area contributed by atoms with Crippen LogP contribution in [-0.2, 0) is 6.54 Å². The lowest BCUT2D eigenvalue weighted by Gasteiger charge is -2.07. The van der Waals surface area contributed by atoms with Crippen LogP contribution < -0.4 is 10.1 Å². The van der Waals surface area contributed by atoms with E-state index in [0.29, 0.717) is 29.4 Å². The van der Waals surface area contributed by atoms with Crippen LogP contribution in [0.1, 0.15) is 15.9 Å². The highest BCUT2D eigenvalue weighted by Crippen LogP contribution is 2.23. The highest BCUT2D eigenvalue weighted by molar-refractivity contribution is 5.95. The topological polar surface area (TPSA) is 77.2 Å². The lowest BCUT2D eigenvalue weighted by atomic mass is 10.1. The SMILES string of the molecule is COc1ccc(CNC(=O)c2cccc(-c3nc(-c4ccccc4)no3)c2)cc1. The fourth-order valence-corrected chi connectivity index (χ4v) is 2.87. The molecule has 1 aromatic heterocycles. The molecule has 6 nitrogen and oxygen atoms in total. The molecule has 0 radical (unpaired) electrons. The standard InChI is InChI=1S/C23H19N3O3/c1-28-20-12-10-16(11-13-20)15-24-22(27)18-8-5-9-19(14-18)23-25-21(26-29-23)17-6-3-2-4-7-17/h2-14H,15H2,1H3,(H,24,27). The quantitative estimate of drug-likeness (QED) is 0.534. The number of hydrogen-bond acceptors (Lipinski definition) is 5. The van der Waals surface area contributed by atoms with Crippen LogP contribution in [0.2, 0.25) is 0 Å². The molecule has 144 valence electrons. The van der Waals surface area contributed by atoms with E-state index in [1.165, 1.54) is 0 Å². The van der Waals surface area contributed by atoms with E-state index in [-0.39, 0.29) is 5.91 Å². The largest absolute Gasteiger partial charge is 0.497 e. The Morgan fingerprint density at radius 3 is 2.48 bits per heavy atom. The van der Waals surface area contributed by atoms with Crippen molar-refractivity contribution in [3.8, 4) is 28.6 Å². The van der Waals surface area contributed by atoms with E-state index in [2.05, 4.69) is 15.5 Å². The molecule has 0 saturated carbocycles. The van der Waals surface area contributed by atoms with Gasteiger partial charge in [-0.2, -0.15) is 4.98 Å². The Labute approximate surface area is 168 Å². The van der Waals surface area contributed by atoms with Gasteiger partial charge in [0.05, 0.1) is 7.11 Å². The molecule has 6 heteroatoms. The Kier molecular flexibility index (Phi) is 5.33.